The van der Waals surface area contributed by atoms with Gasteiger partial charge in [0.1, 0.15) is 0 Å². The molecule has 17 heavy (non-hydrogen) atoms. The van der Waals surface area contributed by atoms with Gasteiger partial charge >= 0.3 is 0 Å². The van der Waals surface area contributed by atoms with Crippen LogP contribution in [0.2, 0.25) is 0 Å². The van der Waals surface area contributed by atoms with Gasteiger partial charge in [-0.2, -0.15) is 0 Å². The van der Waals surface area contributed by atoms with E-state index in [1.165, 1.54) is 11.8 Å². The monoisotopic (exact) mass is 249 g/mol. The number of carbonyl (C=O) groups excluding carboxylic acids is 1. The minimum absolute atomic E-state index is 0.0625. The van der Waals surface area contributed by atoms with Gasteiger partial charge in [-0.25, -0.2) is 4.98 Å². The number of nitrogens with zero attached hydrogens (tertiary/aromatic N) is 2. The van der Waals surface area contributed by atoms with E-state index in [2.05, 4.69) is 16.5 Å². The SMILES string of the molecule is CCCn1c(SCC(=O)[O-])nc2ccccc21. The van der Waals surface area contributed by atoms with Crippen LogP contribution < -0.4 is 5.11 Å². The number of carboxylic acids is 1. The number of carboxylic acid groups (broad SMARTS) is 1. The van der Waals surface area contributed by atoms with E-state index in [-0.39, 0.29) is 5.75 Å². The molecule has 1 aromatic heterocycles. The summed E-state index contributed by atoms with van der Waals surface area (Å²) in [4.78, 5) is 14.9. The zero-order valence-electron chi connectivity index (χ0n) is 9.55. The van der Waals surface area contributed by atoms with Crippen molar-refractivity contribution in [3.05, 3.63) is 24.3 Å². The van der Waals surface area contributed by atoms with Crippen LogP contribution in [-0.2, 0) is 11.3 Å². The number of carbonyl (C=O) groups is 1. The summed E-state index contributed by atoms with van der Waals surface area (Å²) in [5.74, 6) is -1.13. The standard InChI is InChI=1S/C12H14N2O2S/c1-2-7-14-10-6-4-3-5-9(10)13-12(14)17-8-11(15)16/h3-6H,2,7-8H2,1H3,(H,15,16)/p-1. The molecule has 0 aliphatic rings. The molecule has 4 nitrogen and oxygen atoms in total. The Labute approximate surface area is 104 Å². The van der Waals surface area contributed by atoms with Crippen LogP contribution in [0.3, 0.4) is 0 Å². The third-order valence-electron chi connectivity index (χ3n) is 2.39. The molecular formula is C12H13N2O2S-. The number of thioether (sulfide) groups is 1. The topological polar surface area (TPSA) is 58.0 Å². The molecule has 0 N–H and O–H groups in total. The highest BCUT2D eigenvalue weighted by atomic mass is 32.2. The fraction of sp³-hybridized carbons (Fsp3) is 0.333. The summed E-state index contributed by atoms with van der Waals surface area (Å²) < 4.78 is 2.06. The molecular weight excluding hydrogens is 236 g/mol. The third kappa shape index (κ3) is 2.61. The van der Waals surface area contributed by atoms with Crippen LogP contribution >= 0.6 is 11.8 Å². The van der Waals surface area contributed by atoms with Gasteiger partial charge in [0.05, 0.1) is 17.0 Å². The number of imidazole rings is 1. The van der Waals surface area contributed by atoms with E-state index in [9.17, 15) is 9.90 Å². The fourth-order valence-electron chi connectivity index (χ4n) is 1.73. The highest BCUT2D eigenvalue weighted by molar-refractivity contribution is 7.99. The smallest absolute Gasteiger partial charge is 0.169 e. The molecule has 1 heterocycles. The quantitative estimate of drug-likeness (QED) is 0.749. The van der Waals surface area contributed by atoms with Crippen LogP contribution in [0.15, 0.2) is 29.4 Å². The lowest BCUT2D eigenvalue weighted by molar-refractivity contribution is -0.301. The van der Waals surface area contributed by atoms with E-state index in [4.69, 9.17) is 0 Å². The average molecular weight is 249 g/mol. The van der Waals surface area contributed by atoms with Crippen molar-refractivity contribution >= 4 is 28.8 Å². The Morgan fingerprint density at radius 1 is 1.47 bits per heavy atom. The Balaban J connectivity index is 2.38. The second kappa shape index (κ2) is 5.23. The first-order valence-electron chi connectivity index (χ1n) is 5.50. The van der Waals surface area contributed by atoms with Gasteiger partial charge in [-0.15, -0.1) is 0 Å². The maximum absolute atomic E-state index is 10.5. The zero-order chi connectivity index (χ0) is 12.3. The first-order chi connectivity index (χ1) is 8.22. The number of benzene rings is 1. The lowest BCUT2D eigenvalue weighted by Gasteiger charge is -2.07. The zero-order valence-corrected chi connectivity index (χ0v) is 10.4. The van der Waals surface area contributed by atoms with E-state index in [0.29, 0.717) is 0 Å². The first kappa shape index (κ1) is 12.0. The van der Waals surface area contributed by atoms with E-state index in [0.717, 1.165) is 29.2 Å². The lowest BCUT2D eigenvalue weighted by Crippen LogP contribution is -2.24. The van der Waals surface area contributed by atoms with Gasteiger partial charge in [0.2, 0.25) is 0 Å². The number of para-hydroxylation sites is 2. The van der Waals surface area contributed by atoms with E-state index < -0.39 is 5.97 Å². The molecule has 2 rings (SSSR count). The summed E-state index contributed by atoms with van der Waals surface area (Å²) in [7, 11) is 0. The molecule has 5 heteroatoms. The van der Waals surface area contributed by atoms with Crippen LogP contribution in [0, 0.1) is 0 Å². The summed E-state index contributed by atoms with van der Waals surface area (Å²) in [6, 6.07) is 7.83. The van der Waals surface area contributed by atoms with Crippen LogP contribution in [0.5, 0.6) is 0 Å². The Morgan fingerprint density at radius 2 is 2.24 bits per heavy atom. The third-order valence-corrected chi connectivity index (χ3v) is 3.34. The predicted octanol–water partition coefficient (Wildman–Crippen LogP) is 1.29. The number of hydrogen-bond acceptors (Lipinski definition) is 4. The molecule has 0 bridgehead atoms. The minimum atomic E-state index is -1.06. The molecule has 90 valence electrons. The molecule has 0 aliphatic heterocycles. The normalized spacial score (nSPS) is 10.9. The first-order valence-corrected chi connectivity index (χ1v) is 6.49. The number of rotatable bonds is 5. The number of aromatic nitrogens is 2. The van der Waals surface area contributed by atoms with Gasteiger partial charge in [-0.3, -0.25) is 0 Å². The fourth-order valence-corrected chi connectivity index (χ4v) is 2.48. The van der Waals surface area contributed by atoms with E-state index in [1.54, 1.807) is 0 Å². The van der Waals surface area contributed by atoms with Crippen molar-refractivity contribution in [1.82, 2.24) is 9.55 Å². The van der Waals surface area contributed by atoms with Crippen molar-refractivity contribution in [1.29, 1.82) is 0 Å². The second-order valence-electron chi connectivity index (χ2n) is 3.70. The van der Waals surface area contributed by atoms with Crippen LogP contribution in [0.4, 0.5) is 0 Å². The minimum Gasteiger partial charge on any atom is -0.549 e. The van der Waals surface area contributed by atoms with Crippen LogP contribution in [0.25, 0.3) is 11.0 Å². The van der Waals surface area contributed by atoms with Crippen molar-refractivity contribution in [3.63, 3.8) is 0 Å². The van der Waals surface area contributed by atoms with Crippen LogP contribution in [-0.4, -0.2) is 21.3 Å². The molecule has 0 atom stereocenters. The van der Waals surface area contributed by atoms with Crippen molar-refractivity contribution in [2.45, 2.75) is 25.0 Å². The molecule has 0 saturated carbocycles. The highest BCUT2D eigenvalue weighted by Gasteiger charge is 2.09. The molecule has 0 radical (unpaired) electrons. The average Bonchev–Trinajstić information content (AvgIpc) is 2.66. The molecule has 0 fully saturated rings. The number of fused-ring (bicyclic) bond motifs is 1. The summed E-state index contributed by atoms with van der Waals surface area (Å²) in [6.45, 7) is 2.93. The van der Waals surface area contributed by atoms with E-state index >= 15 is 0 Å². The predicted molar refractivity (Wildman–Crippen MR) is 65.8 cm³/mol. The summed E-state index contributed by atoms with van der Waals surface area (Å²) in [6.07, 6.45) is 0.985. The van der Waals surface area contributed by atoms with Gasteiger partial charge in [-0.1, -0.05) is 30.8 Å². The molecule has 0 aliphatic carbocycles. The Bertz CT molecular complexity index is 536. The van der Waals surface area contributed by atoms with Gasteiger partial charge in [0.25, 0.3) is 0 Å². The van der Waals surface area contributed by atoms with Gasteiger partial charge in [0, 0.05) is 12.3 Å². The Hall–Kier alpha value is -1.49. The maximum Gasteiger partial charge on any atom is 0.169 e. The maximum atomic E-state index is 10.5. The lowest BCUT2D eigenvalue weighted by atomic mass is 10.3. The van der Waals surface area contributed by atoms with Crippen molar-refractivity contribution < 1.29 is 9.90 Å². The van der Waals surface area contributed by atoms with Gasteiger partial charge in [-0.05, 0) is 18.6 Å². The summed E-state index contributed by atoms with van der Waals surface area (Å²) in [5, 5.41) is 11.2. The van der Waals surface area contributed by atoms with Gasteiger partial charge < -0.3 is 14.5 Å². The molecule has 0 amide bonds. The van der Waals surface area contributed by atoms with Gasteiger partial charge in [0.15, 0.2) is 5.16 Å². The van der Waals surface area contributed by atoms with Crippen molar-refractivity contribution in [3.8, 4) is 0 Å². The summed E-state index contributed by atoms with van der Waals surface area (Å²) >= 11 is 1.21. The number of aryl methyl sites for hydroxylation is 1. The Kier molecular flexibility index (Phi) is 3.68. The van der Waals surface area contributed by atoms with E-state index in [1.807, 2.05) is 24.3 Å². The molecule has 1 aromatic carbocycles. The molecule has 0 unspecified atom stereocenters. The second-order valence-corrected chi connectivity index (χ2v) is 4.64. The molecule has 0 saturated heterocycles. The number of aliphatic carboxylic acids is 1. The molecule has 2 aromatic rings. The number of hydrogen-bond donors (Lipinski definition) is 0. The van der Waals surface area contributed by atoms with Crippen molar-refractivity contribution in [2.75, 3.05) is 5.75 Å². The Morgan fingerprint density at radius 3 is 2.94 bits per heavy atom. The highest BCUT2D eigenvalue weighted by Crippen LogP contribution is 2.23. The largest absolute Gasteiger partial charge is 0.549 e. The van der Waals surface area contributed by atoms with Crippen LogP contribution in [0.1, 0.15) is 13.3 Å². The van der Waals surface area contributed by atoms with Crippen molar-refractivity contribution in [2.24, 2.45) is 0 Å². The molecule has 0 spiro atoms. The summed E-state index contributed by atoms with van der Waals surface area (Å²) in [5.41, 5.74) is 1.96.